The monoisotopic (exact) mass is 474 g/mol. The maximum absolute atomic E-state index is 11.1. The minimum Gasteiger partial charge on any atom is -0.469 e. The summed E-state index contributed by atoms with van der Waals surface area (Å²) >= 11 is 0. The molecule has 1 saturated heterocycles. The second kappa shape index (κ2) is 12.9. The van der Waals surface area contributed by atoms with E-state index in [4.69, 9.17) is 0 Å². The quantitative estimate of drug-likeness (QED) is 0.275. The van der Waals surface area contributed by atoms with Gasteiger partial charge in [-0.05, 0) is 37.1 Å². The number of carbonyl (C=O) groups is 1. The Balaban J connectivity index is 0.00000338. The van der Waals surface area contributed by atoms with Gasteiger partial charge in [-0.25, -0.2) is 0 Å². The standard InChI is InChI=1S/C19H30N4O2.HI/c1-20-19(21-11-10-18(24)25-2)22-14-16-6-8-17(9-7-16)15-23-12-4-3-5-13-23;/h6-9H,3-5,10-15H2,1-2H3,(H2,20,21,22);1H. The van der Waals surface area contributed by atoms with Gasteiger partial charge in [-0.1, -0.05) is 30.7 Å². The number of aliphatic imine (C=N–C) groups is 1. The smallest absolute Gasteiger partial charge is 0.307 e. The number of likely N-dealkylation sites (tertiary alicyclic amines) is 1. The van der Waals surface area contributed by atoms with E-state index in [0.29, 0.717) is 25.5 Å². The number of ether oxygens (including phenoxy) is 1. The lowest BCUT2D eigenvalue weighted by Crippen LogP contribution is -2.37. The molecule has 1 aliphatic rings. The Morgan fingerprint density at radius 2 is 1.77 bits per heavy atom. The Bertz CT molecular complexity index is 557. The van der Waals surface area contributed by atoms with Crippen molar-refractivity contribution in [3.05, 3.63) is 35.4 Å². The van der Waals surface area contributed by atoms with Crippen LogP contribution in [0.15, 0.2) is 29.3 Å². The van der Waals surface area contributed by atoms with Gasteiger partial charge in [0.25, 0.3) is 0 Å². The van der Waals surface area contributed by atoms with Gasteiger partial charge in [0.2, 0.25) is 0 Å². The number of rotatable bonds is 7. The number of guanidine groups is 1. The van der Waals surface area contributed by atoms with Crippen molar-refractivity contribution in [2.45, 2.75) is 38.8 Å². The van der Waals surface area contributed by atoms with Crippen LogP contribution in [0.25, 0.3) is 0 Å². The largest absolute Gasteiger partial charge is 0.469 e. The van der Waals surface area contributed by atoms with Gasteiger partial charge < -0.3 is 15.4 Å². The predicted octanol–water partition coefficient (Wildman–Crippen LogP) is 2.52. The van der Waals surface area contributed by atoms with Crippen LogP contribution in [0.4, 0.5) is 0 Å². The van der Waals surface area contributed by atoms with Crippen LogP contribution in [0, 0.1) is 0 Å². The molecule has 0 unspecified atom stereocenters. The van der Waals surface area contributed by atoms with Crippen molar-refractivity contribution in [3.8, 4) is 0 Å². The van der Waals surface area contributed by atoms with E-state index in [1.807, 2.05) is 0 Å². The molecule has 0 aromatic heterocycles. The summed E-state index contributed by atoms with van der Waals surface area (Å²) in [6.45, 7) is 4.68. The lowest BCUT2D eigenvalue weighted by atomic mass is 10.1. The van der Waals surface area contributed by atoms with Gasteiger partial charge in [-0.2, -0.15) is 0 Å². The Kier molecular flexibility index (Phi) is 11.3. The SMILES string of the molecule is CN=C(NCCC(=O)OC)NCc1ccc(CN2CCCCC2)cc1.I. The van der Waals surface area contributed by atoms with Gasteiger partial charge in [0.05, 0.1) is 13.5 Å². The summed E-state index contributed by atoms with van der Waals surface area (Å²) in [7, 11) is 3.11. The Hall–Kier alpha value is -1.35. The molecule has 6 nitrogen and oxygen atoms in total. The molecule has 1 aromatic carbocycles. The van der Waals surface area contributed by atoms with Crippen LogP contribution in [0.2, 0.25) is 0 Å². The highest BCUT2D eigenvalue weighted by atomic mass is 127. The molecule has 0 saturated carbocycles. The van der Waals surface area contributed by atoms with Crippen LogP contribution in [0.5, 0.6) is 0 Å². The van der Waals surface area contributed by atoms with E-state index in [0.717, 1.165) is 6.54 Å². The van der Waals surface area contributed by atoms with E-state index in [-0.39, 0.29) is 29.9 Å². The summed E-state index contributed by atoms with van der Waals surface area (Å²) in [5.74, 6) is 0.452. The minimum absolute atomic E-state index is 0. The van der Waals surface area contributed by atoms with E-state index in [1.54, 1.807) is 7.05 Å². The zero-order chi connectivity index (χ0) is 17.9. The molecule has 2 rings (SSSR count). The number of benzene rings is 1. The van der Waals surface area contributed by atoms with Gasteiger partial charge >= 0.3 is 5.97 Å². The van der Waals surface area contributed by atoms with Crippen LogP contribution in [-0.4, -0.2) is 50.6 Å². The Labute approximate surface area is 173 Å². The fraction of sp³-hybridized carbons (Fsp3) is 0.579. The number of hydrogen-bond acceptors (Lipinski definition) is 4. The molecule has 1 fully saturated rings. The number of piperidine rings is 1. The molecular weight excluding hydrogens is 443 g/mol. The van der Waals surface area contributed by atoms with Crippen LogP contribution < -0.4 is 10.6 Å². The lowest BCUT2D eigenvalue weighted by Gasteiger charge is -2.26. The summed E-state index contributed by atoms with van der Waals surface area (Å²) in [6.07, 6.45) is 4.34. The molecule has 0 amide bonds. The van der Waals surface area contributed by atoms with E-state index in [2.05, 4.69) is 49.5 Å². The van der Waals surface area contributed by atoms with Crippen molar-refractivity contribution in [1.82, 2.24) is 15.5 Å². The zero-order valence-electron chi connectivity index (χ0n) is 15.8. The van der Waals surface area contributed by atoms with Crippen molar-refractivity contribution in [1.29, 1.82) is 0 Å². The second-order valence-electron chi connectivity index (χ2n) is 6.33. The molecule has 0 bridgehead atoms. The fourth-order valence-electron chi connectivity index (χ4n) is 2.93. The third-order valence-electron chi connectivity index (χ3n) is 4.41. The molecule has 26 heavy (non-hydrogen) atoms. The van der Waals surface area contributed by atoms with E-state index in [1.165, 1.54) is 50.6 Å². The van der Waals surface area contributed by atoms with Crippen molar-refractivity contribution in [2.24, 2.45) is 4.99 Å². The second-order valence-corrected chi connectivity index (χ2v) is 6.33. The molecule has 2 N–H and O–H groups in total. The third kappa shape index (κ3) is 8.35. The lowest BCUT2D eigenvalue weighted by molar-refractivity contribution is -0.140. The van der Waals surface area contributed by atoms with Gasteiger partial charge in [0.1, 0.15) is 0 Å². The van der Waals surface area contributed by atoms with Crippen LogP contribution in [0.3, 0.4) is 0 Å². The first-order valence-electron chi connectivity index (χ1n) is 9.03. The molecule has 0 spiro atoms. The number of halogens is 1. The van der Waals surface area contributed by atoms with Crippen molar-refractivity contribution in [3.63, 3.8) is 0 Å². The zero-order valence-corrected chi connectivity index (χ0v) is 18.1. The molecule has 146 valence electrons. The number of nitrogens with zero attached hydrogens (tertiary/aromatic N) is 2. The molecule has 1 aliphatic heterocycles. The maximum Gasteiger partial charge on any atom is 0.307 e. The molecule has 1 heterocycles. The van der Waals surface area contributed by atoms with E-state index < -0.39 is 0 Å². The molecule has 0 atom stereocenters. The summed E-state index contributed by atoms with van der Waals surface area (Å²) < 4.78 is 4.62. The summed E-state index contributed by atoms with van der Waals surface area (Å²) in [6, 6.07) is 8.74. The van der Waals surface area contributed by atoms with Gasteiger partial charge in [-0.3, -0.25) is 14.7 Å². The van der Waals surface area contributed by atoms with Crippen LogP contribution in [0.1, 0.15) is 36.8 Å². The molecule has 1 aromatic rings. The molecular formula is C19H31IN4O2. The summed E-state index contributed by atoms with van der Waals surface area (Å²) in [5.41, 5.74) is 2.57. The fourth-order valence-corrected chi connectivity index (χ4v) is 2.93. The first-order valence-corrected chi connectivity index (χ1v) is 9.03. The number of nitrogens with one attached hydrogen (secondary N) is 2. The predicted molar refractivity (Wildman–Crippen MR) is 116 cm³/mol. The molecule has 7 heteroatoms. The molecule has 0 aliphatic carbocycles. The van der Waals surface area contributed by atoms with Crippen LogP contribution >= 0.6 is 24.0 Å². The maximum atomic E-state index is 11.1. The van der Waals surface area contributed by atoms with Gasteiger partial charge in [0.15, 0.2) is 5.96 Å². The Morgan fingerprint density at radius 1 is 1.12 bits per heavy atom. The first kappa shape index (κ1) is 22.7. The highest BCUT2D eigenvalue weighted by molar-refractivity contribution is 14.0. The highest BCUT2D eigenvalue weighted by Crippen LogP contribution is 2.13. The van der Waals surface area contributed by atoms with Crippen molar-refractivity contribution in [2.75, 3.05) is 33.8 Å². The summed E-state index contributed by atoms with van der Waals surface area (Å²) in [4.78, 5) is 17.8. The highest BCUT2D eigenvalue weighted by Gasteiger charge is 2.10. The topological polar surface area (TPSA) is 66.0 Å². The van der Waals surface area contributed by atoms with Gasteiger partial charge in [-0.15, -0.1) is 24.0 Å². The number of carbonyl (C=O) groups excluding carboxylic acids is 1. The Morgan fingerprint density at radius 3 is 2.38 bits per heavy atom. The average molecular weight is 474 g/mol. The first-order chi connectivity index (χ1) is 12.2. The number of methoxy groups -OCH3 is 1. The average Bonchev–Trinajstić information content (AvgIpc) is 2.66. The van der Waals surface area contributed by atoms with Crippen molar-refractivity contribution >= 4 is 35.9 Å². The van der Waals surface area contributed by atoms with E-state index in [9.17, 15) is 4.79 Å². The van der Waals surface area contributed by atoms with Gasteiger partial charge in [0, 0.05) is 26.7 Å². The van der Waals surface area contributed by atoms with Crippen molar-refractivity contribution < 1.29 is 9.53 Å². The normalized spacial score (nSPS) is 15.1. The molecule has 0 radical (unpaired) electrons. The summed E-state index contributed by atoms with van der Waals surface area (Å²) in [5, 5.41) is 6.36. The number of hydrogen-bond donors (Lipinski definition) is 2. The van der Waals surface area contributed by atoms with E-state index >= 15 is 0 Å². The minimum atomic E-state index is -0.229. The number of esters is 1. The van der Waals surface area contributed by atoms with Crippen LogP contribution in [-0.2, 0) is 22.6 Å². The third-order valence-corrected chi connectivity index (χ3v) is 4.41.